The Kier molecular flexibility index (Phi) is 1.91. The molecular formula is C9H12F3NO2. The molecule has 0 aromatic carbocycles. The molecule has 86 valence electrons. The second kappa shape index (κ2) is 2.66. The van der Waals surface area contributed by atoms with Crippen molar-refractivity contribution in [2.75, 3.05) is 14.2 Å². The van der Waals surface area contributed by atoms with Crippen LogP contribution in [0.2, 0.25) is 0 Å². The Hall–Kier alpha value is -0.780. The predicted octanol–water partition coefficient (Wildman–Crippen LogP) is 1.74. The van der Waals surface area contributed by atoms with E-state index >= 15 is 0 Å². The molecule has 1 amide bonds. The van der Waals surface area contributed by atoms with E-state index < -0.39 is 17.0 Å². The summed E-state index contributed by atoms with van der Waals surface area (Å²) in [6.45, 7) is 0. The zero-order chi connectivity index (χ0) is 11.5. The highest BCUT2D eigenvalue weighted by atomic mass is 19.4. The third-order valence-electron chi connectivity index (χ3n) is 3.65. The van der Waals surface area contributed by atoms with Crippen LogP contribution < -0.4 is 0 Å². The Bertz CT molecular complexity index is 293. The molecule has 2 bridgehead atoms. The highest BCUT2D eigenvalue weighted by Gasteiger charge is 2.81. The van der Waals surface area contributed by atoms with Crippen LogP contribution in [-0.4, -0.2) is 31.3 Å². The van der Waals surface area contributed by atoms with Crippen molar-refractivity contribution in [3.05, 3.63) is 0 Å². The van der Waals surface area contributed by atoms with Crippen molar-refractivity contribution in [1.82, 2.24) is 5.06 Å². The van der Waals surface area contributed by atoms with Crippen LogP contribution in [0.15, 0.2) is 0 Å². The summed E-state index contributed by atoms with van der Waals surface area (Å²) in [4.78, 5) is 16.3. The summed E-state index contributed by atoms with van der Waals surface area (Å²) in [5.41, 5.74) is -2.36. The van der Waals surface area contributed by atoms with E-state index in [0.29, 0.717) is 0 Å². The van der Waals surface area contributed by atoms with Gasteiger partial charge >= 0.3 is 6.18 Å². The lowest BCUT2D eigenvalue weighted by molar-refractivity contribution is -0.356. The van der Waals surface area contributed by atoms with Crippen LogP contribution >= 0.6 is 0 Å². The van der Waals surface area contributed by atoms with E-state index in [0.717, 1.165) is 5.06 Å². The largest absolute Gasteiger partial charge is 0.394 e. The quantitative estimate of drug-likeness (QED) is 0.667. The van der Waals surface area contributed by atoms with Gasteiger partial charge in [0.25, 0.3) is 5.91 Å². The van der Waals surface area contributed by atoms with E-state index in [1.54, 1.807) is 0 Å². The maximum absolute atomic E-state index is 12.5. The van der Waals surface area contributed by atoms with Gasteiger partial charge in [0.15, 0.2) is 0 Å². The standard InChI is InChI=1S/C9H12F3NO2/c1-13(15-2)6(14)7-3-8(4-7,5-7)9(10,11)12/h3-5H2,1-2H3. The number of hydroxylamine groups is 2. The topological polar surface area (TPSA) is 29.5 Å². The Morgan fingerprint density at radius 2 is 1.80 bits per heavy atom. The molecule has 0 saturated heterocycles. The van der Waals surface area contributed by atoms with Crippen LogP contribution in [0.3, 0.4) is 0 Å². The zero-order valence-corrected chi connectivity index (χ0v) is 8.52. The normalized spacial score (nSPS) is 37.9. The molecule has 0 radical (unpaired) electrons. The molecule has 0 aromatic heterocycles. The van der Waals surface area contributed by atoms with Crippen molar-refractivity contribution in [3.63, 3.8) is 0 Å². The van der Waals surface area contributed by atoms with Crippen LogP contribution in [0.1, 0.15) is 19.3 Å². The minimum absolute atomic E-state index is 0.0734. The highest BCUT2D eigenvalue weighted by Crippen LogP contribution is 2.78. The molecule has 15 heavy (non-hydrogen) atoms. The number of hydrogen-bond donors (Lipinski definition) is 0. The Labute approximate surface area is 85.1 Å². The van der Waals surface area contributed by atoms with Crippen molar-refractivity contribution in [1.29, 1.82) is 0 Å². The predicted molar refractivity (Wildman–Crippen MR) is 44.6 cm³/mol. The molecule has 0 atom stereocenters. The summed E-state index contributed by atoms with van der Waals surface area (Å²) in [5.74, 6) is -0.337. The van der Waals surface area contributed by atoms with Gasteiger partial charge in [-0.05, 0) is 19.3 Å². The van der Waals surface area contributed by atoms with Crippen LogP contribution in [0.25, 0.3) is 0 Å². The second-order valence-electron chi connectivity index (χ2n) is 4.57. The maximum Gasteiger partial charge on any atom is 0.394 e. The molecule has 3 aliphatic rings. The number of carbonyl (C=O) groups excluding carboxylic acids is 1. The first-order valence-corrected chi connectivity index (χ1v) is 4.65. The first-order valence-electron chi connectivity index (χ1n) is 4.65. The fourth-order valence-corrected chi connectivity index (χ4v) is 2.73. The number of halogens is 3. The number of hydrogen-bond acceptors (Lipinski definition) is 2. The second-order valence-corrected chi connectivity index (χ2v) is 4.57. The number of amides is 1. The van der Waals surface area contributed by atoms with Gasteiger partial charge in [0.1, 0.15) is 0 Å². The van der Waals surface area contributed by atoms with Gasteiger partial charge in [-0.2, -0.15) is 13.2 Å². The summed E-state index contributed by atoms with van der Waals surface area (Å²) < 4.78 is 37.4. The fraction of sp³-hybridized carbons (Fsp3) is 0.889. The van der Waals surface area contributed by atoms with Gasteiger partial charge in [-0.3, -0.25) is 9.63 Å². The van der Waals surface area contributed by atoms with Crippen molar-refractivity contribution in [2.24, 2.45) is 10.8 Å². The highest BCUT2D eigenvalue weighted by molar-refractivity contribution is 5.85. The molecule has 0 heterocycles. The molecule has 0 unspecified atom stereocenters. The number of carbonyl (C=O) groups is 1. The van der Waals surface area contributed by atoms with Crippen LogP contribution in [0, 0.1) is 10.8 Å². The molecule has 0 spiro atoms. The lowest BCUT2D eigenvalue weighted by Crippen LogP contribution is -2.72. The van der Waals surface area contributed by atoms with Crippen LogP contribution in [0.5, 0.6) is 0 Å². The molecule has 0 N–H and O–H groups in total. The van der Waals surface area contributed by atoms with E-state index in [9.17, 15) is 18.0 Å². The number of alkyl halides is 3. The van der Waals surface area contributed by atoms with Crippen molar-refractivity contribution < 1.29 is 22.8 Å². The summed E-state index contributed by atoms with van der Waals surface area (Å²) in [6, 6.07) is 0. The van der Waals surface area contributed by atoms with Gasteiger partial charge in [-0.1, -0.05) is 0 Å². The molecule has 0 aromatic rings. The third kappa shape index (κ3) is 1.14. The van der Waals surface area contributed by atoms with Crippen molar-refractivity contribution in [2.45, 2.75) is 25.4 Å². The third-order valence-corrected chi connectivity index (χ3v) is 3.65. The van der Waals surface area contributed by atoms with Gasteiger partial charge in [-0.15, -0.1) is 0 Å². The molecular weight excluding hydrogens is 211 g/mol. The van der Waals surface area contributed by atoms with Gasteiger partial charge < -0.3 is 0 Å². The summed E-state index contributed by atoms with van der Waals surface area (Å²) in [6.07, 6.45) is -4.39. The van der Waals surface area contributed by atoms with Gasteiger partial charge in [0.2, 0.25) is 0 Å². The van der Waals surface area contributed by atoms with E-state index in [2.05, 4.69) is 4.84 Å². The number of nitrogens with zero attached hydrogens (tertiary/aromatic N) is 1. The molecule has 3 fully saturated rings. The minimum atomic E-state index is -4.17. The lowest BCUT2D eigenvalue weighted by Gasteiger charge is -2.69. The summed E-state index contributed by atoms with van der Waals surface area (Å²) in [7, 11) is 2.74. The van der Waals surface area contributed by atoms with Crippen molar-refractivity contribution >= 4 is 5.91 Å². The van der Waals surface area contributed by atoms with E-state index in [-0.39, 0.29) is 25.2 Å². The monoisotopic (exact) mass is 223 g/mol. The number of rotatable bonds is 2. The van der Waals surface area contributed by atoms with Crippen LogP contribution in [0.4, 0.5) is 13.2 Å². The van der Waals surface area contributed by atoms with Gasteiger partial charge in [0, 0.05) is 7.05 Å². The molecule has 3 nitrogen and oxygen atoms in total. The summed E-state index contributed by atoms with van der Waals surface area (Å²) >= 11 is 0. The first-order chi connectivity index (χ1) is 6.76. The van der Waals surface area contributed by atoms with E-state index in [4.69, 9.17) is 0 Å². The smallest absolute Gasteiger partial charge is 0.275 e. The molecule has 3 aliphatic carbocycles. The Balaban J connectivity index is 2.01. The zero-order valence-electron chi connectivity index (χ0n) is 8.52. The average molecular weight is 223 g/mol. The Morgan fingerprint density at radius 1 is 1.33 bits per heavy atom. The SMILES string of the molecule is CON(C)C(=O)C12CC(C(F)(F)F)(C1)C2. The minimum Gasteiger partial charge on any atom is -0.275 e. The lowest BCUT2D eigenvalue weighted by atomic mass is 9.34. The molecule has 3 rings (SSSR count). The molecule has 3 saturated carbocycles. The molecule has 6 heteroatoms. The van der Waals surface area contributed by atoms with Gasteiger partial charge in [-0.25, -0.2) is 5.06 Å². The molecule has 0 aliphatic heterocycles. The Morgan fingerprint density at radius 3 is 2.13 bits per heavy atom. The fourth-order valence-electron chi connectivity index (χ4n) is 2.73. The maximum atomic E-state index is 12.5. The average Bonchev–Trinajstić information content (AvgIpc) is 1.94. The van der Waals surface area contributed by atoms with Crippen LogP contribution in [-0.2, 0) is 9.63 Å². The first kappa shape index (κ1) is 10.7. The van der Waals surface area contributed by atoms with Gasteiger partial charge in [0.05, 0.1) is 17.9 Å². The van der Waals surface area contributed by atoms with E-state index in [1.165, 1.54) is 14.2 Å². The van der Waals surface area contributed by atoms with E-state index in [1.807, 2.05) is 0 Å². The van der Waals surface area contributed by atoms with Crippen molar-refractivity contribution in [3.8, 4) is 0 Å². The summed E-state index contributed by atoms with van der Waals surface area (Å²) in [5, 5.41) is 1.01.